The van der Waals surface area contributed by atoms with Crippen molar-refractivity contribution in [3.8, 4) is 0 Å². The van der Waals surface area contributed by atoms with E-state index in [1.807, 2.05) is 6.92 Å². The minimum atomic E-state index is -0.452. The lowest BCUT2D eigenvalue weighted by molar-refractivity contribution is 0.133. The predicted molar refractivity (Wildman–Crippen MR) is 48.2 cm³/mol. The van der Waals surface area contributed by atoms with E-state index in [0.717, 1.165) is 0 Å². The molecule has 1 aliphatic heterocycles. The van der Waals surface area contributed by atoms with Gasteiger partial charge in [-0.15, -0.1) is 0 Å². The fraction of sp³-hybridized carbons (Fsp3) is 0.300. The number of hydrogen-bond donors (Lipinski definition) is 1. The summed E-state index contributed by atoms with van der Waals surface area (Å²) in [6.45, 7) is 1.82. The van der Waals surface area contributed by atoms with Crippen molar-refractivity contribution in [3.05, 3.63) is 35.6 Å². The Morgan fingerprint density at radius 3 is 2.86 bits per heavy atom. The van der Waals surface area contributed by atoms with Gasteiger partial charge in [-0.2, -0.15) is 0 Å². The standard InChI is InChI=1S/C10H10FNO2/c1-6-9(14-10(13)12-6)7-3-2-4-8(11)5-7/h2-6,9H,1H3,(H,12,13)/t6-,9-/m0/s1. The van der Waals surface area contributed by atoms with Gasteiger partial charge in [0.25, 0.3) is 0 Å². The molecular weight excluding hydrogens is 185 g/mol. The lowest BCUT2D eigenvalue weighted by atomic mass is 10.0. The molecule has 1 aliphatic rings. The van der Waals surface area contributed by atoms with Gasteiger partial charge in [0.15, 0.2) is 0 Å². The highest BCUT2D eigenvalue weighted by Crippen LogP contribution is 2.26. The Bertz CT molecular complexity index is 367. The second-order valence-corrected chi connectivity index (χ2v) is 3.31. The maximum Gasteiger partial charge on any atom is 0.408 e. The number of rotatable bonds is 1. The Morgan fingerprint density at radius 1 is 1.50 bits per heavy atom. The Balaban J connectivity index is 2.27. The van der Waals surface area contributed by atoms with Crippen molar-refractivity contribution >= 4 is 6.09 Å². The van der Waals surface area contributed by atoms with Crippen molar-refractivity contribution in [1.29, 1.82) is 0 Å². The summed E-state index contributed by atoms with van der Waals surface area (Å²) in [5.41, 5.74) is 0.677. The molecule has 1 fully saturated rings. The molecule has 1 amide bonds. The lowest BCUT2D eigenvalue weighted by Gasteiger charge is -2.12. The van der Waals surface area contributed by atoms with Gasteiger partial charge >= 0.3 is 6.09 Å². The monoisotopic (exact) mass is 195 g/mol. The molecule has 2 atom stereocenters. The summed E-state index contributed by atoms with van der Waals surface area (Å²) in [5, 5.41) is 2.60. The number of amides is 1. The Hall–Kier alpha value is -1.58. The summed E-state index contributed by atoms with van der Waals surface area (Å²) >= 11 is 0. The van der Waals surface area contributed by atoms with Crippen LogP contribution in [0.1, 0.15) is 18.6 Å². The van der Waals surface area contributed by atoms with Crippen LogP contribution in [0.25, 0.3) is 0 Å². The molecule has 0 unspecified atom stereocenters. The number of cyclic esters (lactones) is 1. The minimum Gasteiger partial charge on any atom is -0.439 e. The largest absolute Gasteiger partial charge is 0.439 e. The zero-order chi connectivity index (χ0) is 10.1. The van der Waals surface area contributed by atoms with Crippen LogP contribution in [0.2, 0.25) is 0 Å². The number of carbonyl (C=O) groups excluding carboxylic acids is 1. The Morgan fingerprint density at radius 2 is 2.29 bits per heavy atom. The van der Waals surface area contributed by atoms with Crippen molar-refractivity contribution in [3.63, 3.8) is 0 Å². The molecule has 0 bridgehead atoms. The minimum absolute atomic E-state index is 0.121. The lowest BCUT2D eigenvalue weighted by Crippen LogP contribution is -2.23. The molecule has 0 spiro atoms. The molecule has 0 saturated carbocycles. The molecule has 14 heavy (non-hydrogen) atoms. The van der Waals surface area contributed by atoms with Gasteiger partial charge in [0.2, 0.25) is 0 Å². The van der Waals surface area contributed by atoms with Crippen LogP contribution in [-0.4, -0.2) is 12.1 Å². The highest BCUT2D eigenvalue weighted by molar-refractivity contribution is 5.70. The first-order valence-electron chi connectivity index (χ1n) is 4.39. The van der Waals surface area contributed by atoms with Gasteiger partial charge in [-0.25, -0.2) is 9.18 Å². The van der Waals surface area contributed by atoms with Crippen LogP contribution in [0, 0.1) is 5.82 Å². The van der Waals surface area contributed by atoms with E-state index in [1.54, 1.807) is 12.1 Å². The molecule has 1 heterocycles. The number of nitrogens with one attached hydrogen (secondary N) is 1. The predicted octanol–water partition coefficient (Wildman–Crippen LogP) is 2.00. The number of halogens is 1. The van der Waals surface area contributed by atoms with E-state index < -0.39 is 12.2 Å². The number of benzene rings is 1. The first-order valence-corrected chi connectivity index (χ1v) is 4.39. The zero-order valence-electron chi connectivity index (χ0n) is 7.66. The van der Waals surface area contributed by atoms with Crippen molar-refractivity contribution in [2.75, 3.05) is 0 Å². The van der Waals surface area contributed by atoms with Crippen molar-refractivity contribution in [2.24, 2.45) is 0 Å². The van der Waals surface area contributed by atoms with E-state index >= 15 is 0 Å². The molecule has 0 radical (unpaired) electrons. The Kier molecular flexibility index (Phi) is 2.11. The summed E-state index contributed by atoms with van der Waals surface area (Å²) < 4.78 is 17.9. The Labute approximate surface area is 80.9 Å². The number of alkyl carbamates (subject to hydrolysis) is 1. The molecule has 4 heteroatoms. The second kappa shape index (κ2) is 3.29. The summed E-state index contributed by atoms with van der Waals surface area (Å²) in [6.07, 6.45) is -0.843. The maximum absolute atomic E-state index is 12.9. The molecule has 1 aromatic rings. The second-order valence-electron chi connectivity index (χ2n) is 3.31. The van der Waals surface area contributed by atoms with Gasteiger partial charge in [0.1, 0.15) is 11.9 Å². The molecule has 1 N–H and O–H groups in total. The summed E-state index contributed by atoms with van der Waals surface area (Å²) in [5.74, 6) is -0.322. The maximum atomic E-state index is 12.9. The number of hydrogen-bond acceptors (Lipinski definition) is 2. The van der Waals surface area contributed by atoms with E-state index in [2.05, 4.69) is 5.32 Å². The molecule has 1 saturated heterocycles. The van der Waals surface area contributed by atoms with Crippen molar-refractivity contribution in [2.45, 2.75) is 19.1 Å². The van der Waals surface area contributed by atoms with Crippen LogP contribution in [0.5, 0.6) is 0 Å². The fourth-order valence-electron chi connectivity index (χ4n) is 1.55. The van der Waals surface area contributed by atoms with Gasteiger partial charge in [-0.3, -0.25) is 0 Å². The topological polar surface area (TPSA) is 38.3 Å². The van der Waals surface area contributed by atoms with E-state index in [-0.39, 0.29) is 11.9 Å². The normalized spacial score (nSPS) is 25.7. The van der Waals surface area contributed by atoms with Gasteiger partial charge in [0.05, 0.1) is 6.04 Å². The molecular formula is C10H10FNO2. The van der Waals surface area contributed by atoms with Gasteiger partial charge in [0, 0.05) is 0 Å². The quantitative estimate of drug-likeness (QED) is 0.744. The van der Waals surface area contributed by atoms with Gasteiger partial charge < -0.3 is 10.1 Å². The molecule has 1 aromatic carbocycles. The highest BCUT2D eigenvalue weighted by Gasteiger charge is 2.31. The molecule has 74 valence electrons. The third-order valence-corrected chi connectivity index (χ3v) is 2.21. The van der Waals surface area contributed by atoms with Crippen molar-refractivity contribution in [1.82, 2.24) is 5.32 Å². The zero-order valence-corrected chi connectivity index (χ0v) is 7.66. The number of carbonyl (C=O) groups is 1. The number of ether oxygens (including phenoxy) is 1. The third kappa shape index (κ3) is 1.55. The van der Waals surface area contributed by atoms with Gasteiger partial charge in [-0.1, -0.05) is 12.1 Å². The SMILES string of the molecule is C[C@@H]1NC(=O)O[C@@H]1c1cccc(F)c1. The van der Waals surface area contributed by atoms with Crippen molar-refractivity contribution < 1.29 is 13.9 Å². The highest BCUT2D eigenvalue weighted by atomic mass is 19.1. The van der Waals surface area contributed by atoms with Crippen LogP contribution >= 0.6 is 0 Å². The van der Waals surface area contributed by atoms with E-state index in [1.165, 1.54) is 12.1 Å². The van der Waals surface area contributed by atoms with Crippen LogP contribution in [0.3, 0.4) is 0 Å². The molecule has 2 rings (SSSR count). The van der Waals surface area contributed by atoms with E-state index in [4.69, 9.17) is 4.74 Å². The van der Waals surface area contributed by atoms with Crippen LogP contribution in [-0.2, 0) is 4.74 Å². The molecule has 3 nitrogen and oxygen atoms in total. The van der Waals surface area contributed by atoms with E-state index in [0.29, 0.717) is 5.56 Å². The van der Waals surface area contributed by atoms with E-state index in [9.17, 15) is 9.18 Å². The average molecular weight is 195 g/mol. The summed E-state index contributed by atoms with van der Waals surface area (Å²) in [4.78, 5) is 10.9. The smallest absolute Gasteiger partial charge is 0.408 e. The molecule has 0 aliphatic carbocycles. The van der Waals surface area contributed by atoms with Gasteiger partial charge in [-0.05, 0) is 24.6 Å². The van der Waals surface area contributed by atoms with Crippen LogP contribution in [0.4, 0.5) is 9.18 Å². The first-order chi connectivity index (χ1) is 6.66. The molecule has 0 aromatic heterocycles. The fourth-order valence-corrected chi connectivity index (χ4v) is 1.55. The summed E-state index contributed by atoms with van der Waals surface area (Å²) in [6, 6.07) is 5.96. The van der Waals surface area contributed by atoms with Crippen LogP contribution in [0.15, 0.2) is 24.3 Å². The summed E-state index contributed by atoms with van der Waals surface area (Å²) in [7, 11) is 0. The van der Waals surface area contributed by atoms with Crippen LogP contribution < -0.4 is 5.32 Å². The average Bonchev–Trinajstić information content (AvgIpc) is 2.45. The third-order valence-electron chi connectivity index (χ3n) is 2.21. The first kappa shape index (κ1) is 8.99.